The summed E-state index contributed by atoms with van der Waals surface area (Å²) in [6, 6.07) is 9.27. The minimum atomic E-state index is -4.45. The summed E-state index contributed by atoms with van der Waals surface area (Å²) in [5.41, 5.74) is -0.629. The highest BCUT2D eigenvalue weighted by atomic mass is 35.5. The quantitative estimate of drug-likeness (QED) is 0.648. The minimum Gasteiger partial charge on any atom is -0.305 e. The highest BCUT2D eigenvalue weighted by Crippen LogP contribution is 2.30. The normalized spacial score (nSPS) is 12.6. The van der Waals surface area contributed by atoms with E-state index in [0.29, 0.717) is 15.9 Å². The van der Waals surface area contributed by atoms with Crippen LogP contribution >= 0.6 is 23.2 Å². The molecule has 0 spiro atoms. The van der Waals surface area contributed by atoms with Crippen molar-refractivity contribution in [1.29, 1.82) is 0 Å². The monoisotopic (exact) mass is 384 g/mol. The second-order valence-electron chi connectivity index (χ2n) is 5.19. The summed E-state index contributed by atoms with van der Waals surface area (Å²) >= 11 is 12.0. The van der Waals surface area contributed by atoms with Crippen LogP contribution in [0.1, 0.15) is 17.0 Å². The summed E-state index contributed by atoms with van der Waals surface area (Å²) in [4.78, 5) is 18.8. The van der Waals surface area contributed by atoms with Crippen LogP contribution in [0, 0.1) is 0 Å². The van der Waals surface area contributed by atoms with Gasteiger partial charge in [-0.1, -0.05) is 35.3 Å². The highest BCUT2D eigenvalue weighted by molar-refractivity contribution is 6.50. The van der Waals surface area contributed by atoms with Gasteiger partial charge in [0.2, 0.25) is 0 Å². The van der Waals surface area contributed by atoms with Crippen LogP contribution in [-0.4, -0.2) is 9.97 Å². The van der Waals surface area contributed by atoms with Gasteiger partial charge in [-0.25, -0.2) is 4.98 Å². The lowest BCUT2D eigenvalue weighted by Crippen LogP contribution is -2.10. The largest absolute Gasteiger partial charge is 0.416 e. The molecule has 0 bridgehead atoms. The number of H-pyrrole nitrogens is 1. The Balaban J connectivity index is 2.05. The lowest BCUT2D eigenvalue weighted by Gasteiger charge is -2.07. The third-order valence-electron chi connectivity index (χ3n) is 3.40. The van der Waals surface area contributed by atoms with Crippen LogP contribution in [-0.2, 0) is 6.18 Å². The molecule has 0 saturated heterocycles. The highest BCUT2D eigenvalue weighted by Gasteiger charge is 2.30. The molecule has 0 aliphatic carbocycles. The van der Waals surface area contributed by atoms with Gasteiger partial charge in [0.15, 0.2) is 5.82 Å². The first-order valence-electron chi connectivity index (χ1n) is 6.98. The topological polar surface area (TPSA) is 45.8 Å². The number of rotatable bonds is 2. The predicted octanol–water partition coefficient (Wildman–Crippen LogP) is 5.33. The second-order valence-corrected chi connectivity index (χ2v) is 6.04. The molecular formula is C17H9Cl2F3N2O. The molecular weight excluding hydrogens is 376 g/mol. The van der Waals surface area contributed by atoms with Gasteiger partial charge in [0.05, 0.1) is 21.5 Å². The Kier molecular flexibility index (Phi) is 4.58. The summed E-state index contributed by atoms with van der Waals surface area (Å²) in [6.45, 7) is 0. The maximum Gasteiger partial charge on any atom is 0.416 e. The van der Waals surface area contributed by atoms with E-state index in [4.69, 9.17) is 23.2 Å². The van der Waals surface area contributed by atoms with Gasteiger partial charge >= 0.3 is 6.18 Å². The van der Waals surface area contributed by atoms with Gasteiger partial charge in [0.1, 0.15) is 0 Å². The zero-order chi connectivity index (χ0) is 18.2. The average molecular weight is 385 g/mol. The van der Waals surface area contributed by atoms with Crippen LogP contribution in [0.25, 0.3) is 22.0 Å². The lowest BCUT2D eigenvalue weighted by molar-refractivity contribution is -0.137. The van der Waals surface area contributed by atoms with Crippen molar-refractivity contribution in [3.63, 3.8) is 0 Å². The van der Waals surface area contributed by atoms with E-state index in [1.165, 1.54) is 24.3 Å². The molecule has 3 rings (SSSR count). The first kappa shape index (κ1) is 17.5. The van der Waals surface area contributed by atoms with Crippen molar-refractivity contribution in [2.75, 3.05) is 0 Å². The van der Waals surface area contributed by atoms with Crippen molar-refractivity contribution < 1.29 is 13.2 Å². The van der Waals surface area contributed by atoms with E-state index in [0.717, 1.165) is 12.1 Å². The van der Waals surface area contributed by atoms with E-state index >= 15 is 0 Å². The smallest absolute Gasteiger partial charge is 0.305 e. The number of halogens is 5. The maximum atomic E-state index is 12.8. The van der Waals surface area contributed by atoms with Crippen molar-refractivity contribution in [3.05, 3.63) is 74.8 Å². The Morgan fingerprint density at radius 1 is 1.16 bits per heavy atom. The summed E-state index contributed by atoms with van der Waals surface area (Å²) in [5, 5.41) is 0.686. The first-order chi connectivity index (χ1) is 11.7. The van der Waals surface area contributed by atoms with Gasteiger partial charge < -0.3 is 4.98 Å². The molecule has 3 aromatic rings. The maximum absolute atomic E-state index is 12.8. The molecule has 8 heteroatoms. The third-order valence-corrected chi connectivity index (χ3v) is 3.92. The molecule has 25 heavy (non-hydrogen) atoms. The van der Waals surface area contributed by atoms with E-state index < -0.39 is 17.3 Å². The number of alkyl halides is 3. The molecule has 0 fully saturated rings. The van der Waals surface area contributed by atoms with Gasteiger partial charge in [-0.3, -0.25) is 4.79 Å². The third kappa shape index (κ3) is 3.86. The Labute approximate surface area is 149 Å². The van der Waals surface area contributed by atoms with Crippen LogP contribution in [0.2, 0.25) is 5.02 Å². The van der Waals surface area contributed by atoms with E-state index in [1.807, 2.05) is 0 Å². The van der Waals surface area contributed by atoms with Gasteiger partial charge in [-0.05, 0) is 42.0 Å². The SMILES string of the molecule is O=c1[nH]c(C(Cl)=Cc2cccc(C(F)(F)F)c2)nc2ccc(Cl)cc12. The first-order valence-corrected chi connectivity index (χ1v) is 7.74. The molecule has 0 radical (unpaired) electrons. The molecule has 0 atom stereocenters. The number of fused-ring (bicyclic) bond motifs is 1. The van der Waals surface area contributed by atoms with E-state index in [9.17, 15) is 18.0 Å². The Hall–Kier alpha value is -2.31. The summed E-state index contributed by atoms with van der Waals surface area (Å²) < 4.78 is 38.3. The van der Waals surface area contributed by atoms with Gasteiger partial charge in [0.25, 0.3) is 5.56 Å². The Bertz CT molecular complexity index is 1040. The Morgan fingerprint density at radius 2 is 1.92 bits per heavy atom. The predicted molar refractivity (Wildman–Crippen MR) is 92.5 cm³/mol. The standard InChI is InChI=1S/C17H9Cl2F3N2O/c18-11-4-5-14-12(8-11)16(25)24-15(23-14)13(19)7-9-2-1-3-10(6-9)17(20,21)22/h1-8H,(H,23,24,25). The minimum absolute atomic E-state index is 0.00766. The van der Waals surface area contributed by atoms with E-state index in [2.05, 4.69) is 9.97 Å². The van der Waals surface area contributed by atoms with Crippen molar-refractivity contribution in [3.8, 4) is 0 Å². The van der Waals surface area contributed by atoms with Crippen molar-refractivity contribution >= 4 is 45.2 Å². The van der Waals surface area contributed by atoms with Crippen LogP contribution in [0.15, 0.2) is 47.3 Å². The molecule has 0 unspecified atom stereocenters. The molecule has 3 nitrogen and oxygen atoms in total. The fourth-order valence-electron chi connectivity index (χ4n) is 2.24. The molecule has 0 aliphatic rings. The van der Waals surface area contributed by atoms with Gasteiger partial charge in [0, 0.05) is 5.02 Å². The number of hydrogen-bond donors (Lipinski definition) is 1. The number of aromatic nitrogens is 2. The van der Waals surface area contributed by atoms with Crippen LogP contribution in [0.3, 0.4) is 0 Å². The van der Waals surface area contributed by atoms with Crippen LogP contribution in [0.4, 0.5) is 13.2 Å². The number of hydrogen-bond acceptors (Lipinski definition) is 2. The molecule has 1 heterocycles. The zero-order valence-corrected chi connectivity index (χ0v) is 13.9. The van der Waals surface area contributed by atoms with Crippen molar-refractivity contribution in [2.24, 2.45) is 0 Å². The molecule has 128 valence electrons. The van der Waals surface area contributed by atoms with E-state index in [1.54, 1.807) is 12.1 Å². The molecule has 1 aromatic heterocycles. The number of nitrogens with one attached hydrogen (secondary N) is 1. The van der Waals surface area contributed by atoms with Crippen molar-refractivity contribution in [1.82, 2.24) is 9.97 Å². The zero-order valence-electron chi connectivity index (χ0n) is 12.4. The average Bonchev–Trinajstić information content (AvgIpc) is 2.55. The molecule has 0 aliphatic heterocycles. The van der Waals surface area contributed by atoms with Gasteiger partial charge in [-0.2, -0.15) is 13.2 Å². The fraction of sp³-hybridized carbons (Fsp3) is 0.0588. The summed E-state index contributed by atoms with van der Waals surface area (Å²) in [7, 11) is 0. The summed E-state index contributed by atoms with van der Waals surface area (Å²) in [5.74, 6) is 0.0545. The molecule has 0 saturated carbocycles. The van der Waals surface area contributed by atoms with Crippen LogP contribution in [0.5, 0.6) is 0 Å². The second kappa shape index (κ2) is 6.54. The van der Waals surface area contributed by atoms with Crippen molar-refractivity contribution in [2.45, 2.75) is 6.18 Å². The van der Waals surface area contributed by atoms with E-state index in [-0.39, 0.29) is 16.4 Å². The number of aromatic amines is 1. The lowest BCUT2D eigenvalue weighted by atomic mass is 10.1. The fourth-order valence-corrected chi connectivity index (χ4v) is 2.63. The molecule has 0 amide bonds. The molecule has 1 N–H and O–H groups in total. The number of benzene rings is 2. The Morgan fingerprint density at radius 3 is 2.64 bits per heavy atom. The van der Waals surface area contributed by atoms with Gasteiger partial charge in [-0.15, -0.1) is 0 Å². The summed E-state index contributed by atoms with van der Waals surface area (Å²) in [6.07, 6.45) is -3.15. The number of nitrogens with zero attached hydrogens (tertiary/aromatic N) is 1. The molecule has 2 aromatic carbocycles. The van der Waals surface area contributed by atoms with Crippen LogP contribution < -0.4 is 5.56 Å².